The lowest BCUT2D eigenvalue weighted by Crippen LogP contribution is -2.40. The van der Waals surface area contributed by atoms with Gasteiger partial charge in [-0.25, -0.2) is 0 Å². The van der Waals surface area contributed by atoms with Crippen molar-refractivity contribution >= 4 is 34.2 Å². The molecular formula is C23H20N2O3. The molecule has 1 heterocycles. The Morgan fingerprint density at radius 3 is 2.29 bits per heavy atom. The number of nitrogens with one attached hydrogen (secondary N) is 1. The lowest BCUT2D eigenvalue weighted by Gasteiger charge is -2.37. The zero-order valence-corrected chi connectivity index (χ0v) is 15.2. The molecular weight excluding hydrogens is 352 g/mol. The Labute approximate surface area is 162 Å². The number of allylic oxidation sites excluding steroid dienone is 2. The summed E-state index contributed by atoms with van der Waals surface area (Å²) in [5.41, 5.74) is 0.697. The molecule has 3 fully saturated rings. The molecule has 0 radical (unpaired) electrons. The maximum atomic E-state index is 13.0. The third-order valence-corrected chi connectivity index (χ3v) is 7.12. The molecule has 2 aromatic carbocycles. The van der Waals surface area contributed by atoms with Crippen LogP contribution in [-0.4, -0.2) is 29.2 Å². The molecule has 3 amide bonds. The summed E-state index contributed by atoms with van der Waals surface area (Å²) in [5.74, 6) is 0.344. The summed E-state index contributed by atoms with van der Waals surface area (Å²) in [4.78, 5) is 39.9. The summed E-state index contributed by atoms with van der Waals surface area (Å²) in [5, 5.41) is 4.86. The molecule has 1 N–H and O–H groups in total. The molecule has 28 heavy (non-hydrogen) atoms. The largest absolute Gasteiger partial charge is 0.324 e. The van der Waals surface area contributed by atoms with Crippen LogP contribution in [-0.2, 0) is 14.4 Å². The monoisotopic (exact) mass is 372 g/mol. The zero-order chi connectivity index (χ0) is 19.0. The van der Waals surface area contributed by atoms with Crippen LogP contribution in [0.15, 0.2) is 54.6 Å². The number of likely N-dealkylation sites (tertiary alicyclic amines) is 1. The zero-order valence-electron chi connectivity index (χ0n) is 15.2. The van der Waals surface area contributed by atoms with E-state index in [1.165, 1.54) is 4.90 Å². The number of hydrogen-bond donors (Lipinski definition) is 1. The first-order valence-corrected chi connectivity index (χ1v) is 9.94. The topological polar surface area (TPSA) is 66.5 Å². The Balaban J connectivity index is 1.23. The van der Waals surface area contributed by atoms with Crippen LogP contribution in [0.2, 0.25) is 0 Å². The maximum Gasteiger partial charge on any atom is 0.244 e. The highest BCUT2D eigenvalue weighted by atomic mass is 16.2. The molecule has 0 aromatic heterocycles. The van der Waals surface area contributed by atoms with Crippen LogP contribution in [0.1, 0.15) is 6.42 Å². The Morgan fingerprint density at radius 2 is 1.57 bits per heavy atom. The number of hydrogen-bond acceptors (Lipinski definition) is 3. The van der Waals surface area contributed by atoms with E-state index in [1.54, 1.807) is 0 Å². The van der Waals surface area contributed by atoms with Crippen molar-refractivity contribution in [3.63, 3.8) is 0 Å². The molecule has 6 atom stereocenters. The van der Waals surface area contributed by atoms with E-state index in [0.29, 0.717) is 17.5 Å². The Hall–Kier alpha value is -2.95. The number of amides is 3. The molecule has 5 heteroatoms. The van der Waals surface area contributed by atoms with Gasteiger partial charge in [0.05, 0.1) is 11.8 Å². The number of imide groups is 1. The number of fused-ring (bicyclic) bond motifs is 1. The van der Waals surface area contributed by atoms with Gasteiger partial charge in [0.1, 0.15) is 6.54 Å². The predicted molar refractivity (Wildman–Crippen MR) is 104 cm³/mol. The number of benzene rings is 2. The summed E-state index contributed by atoms with van der Waals surface area (Å²) in [6.07, 6.45) is 5.42. The van der Waals surface area contributed by atoms with Gasteiger partial charge in [-0.3, -0.25) is 19.3 Å². The highest BCUT2D eigenvalue weighted by Crippen LogP contribution is 2.65. The van der Waals surface area contributed by atoms with Gasteiger partial charge in [0.25, 0.3) is 0 Å². The predicted octanol–water partition coefficient (Wildman–Crippen LogP) is 2.83. The lowest BCUT2D eigenvalue weighted by atomic mass is 9.63. The third-order valence-electron chi connectivity index (χ3n) is 7.12. The molecule has 2 aromatic rings. The van der Waals surface area contributed by atoms with Crippen LogP contribution in [0.3, 0.4) is 0 Å². The Kier molecular flexibility index (Phi) is 3.17. The van der Waals surface area contributed by atoms with Crippen molar-refractivity contribution in [2.45, 2.75) is 6.42 Å². The first-order chi connectivity index (χ1) is 13.6. The number of rotatable bonds is 3. The average molecular weight is 372 g/mol. The minimum Gasteiger partial charge on any atom is -0.324 e. The summed E-state index contributed by atoms with van der Waals surface area (Å²) in [6.45, 7) is -0.206. The van der Waals surface area contributed by atoms with Crippen LogP contribution in [0, 0.1) is 35.5 Å². The van der Waals surface area contributed by atoms with E-state index in [4.69, 9.17) is 0 Å². The van der Waals surface area contributed by atoms with Crippen molar-refractivity contribution in [3.8, 4) is 0 Å². The van der Waals surface area contributed by atoms with Gasteiger partial charge in [0.15, 0.2) is 0 Å². The number of carbonyl (C=O) groups excluding carboxylic acids is 3. The van der Waals surface area contributed by atoms with E-state index in [1.807, 2.05) is 42.5 Å². The second kappa shape index (κ2) is 5.53. The molecule has 140 valence electrons. The molecule has 5 aliphatic rings. The second-order valence-corrected chi connectivity index (χ2v) is 8.49. The molecule has 1 aliphatic heterocycles. The van der Waals surface area contributed by atoms with Crippen molar-refractivity contribution < 1.29 is 14.4 Å². The summed E-state index contributed by atoms with van der Waals surface area (Å²) >= 11 is 0. The van der Waals surface area contributed by atoms with Gasteiger partial charge in [0, 0.05) is 11.1 Å². The minimum atomic E-state index is -0.331. The summed E-state index contributed by atoms with van der Waals surface area (Å²) in [6, 6.07) is 13.5. The van der Waals surface area contributed by atoms with Gasteiger partial charge < -0.3 is 5.32 Å². The molecule has 2 bridgehead atoms. The maximum absolute atomic E-state index is 13.0. The molecule has 1 saturated heterocycles. The fraction of sp³-hybridized carbons (Fsp3) is 0.348. The Bertz CT molecular complexity index is 1030. The van der Waals surface area contributed by atoms with Crippen molar-refractivity contribution in [3.05, 3.63) is 54.6 Å². The van der Waals surface area contributed by atoms with E-state index >= 15 is 0 Å². The highest BCUT2D eigenvalue weighted by molar-refractivity contribution is 6.10. The van der Waals surface area contributed by atoms with Crippen molar-refractivity contribution in [2.24, 2.45) is 35.5 Å². The van der Waals surface area contributed by atoms with E-state index in [-0.39, 0.29) is 47.9 Å². The SMILES string of the molecule is O=C(CN1C(=O)[C@@H]2[C@H]3C=C[C@@H]([C@@H]4C[C@@H]34)[C@@H]2C1=O)Nc1cccc2ccccc12. The summed E-state index contributed by atoms with van der Waals surface area (Å²) in [7, 11) is 0. The third kappa shape index (κ3) is 2.10. The molecule has 7 rings (SSSR count). The van der Waals surface area contributed by atoms with Crippen LogP contribution in [0.25, 0.3) is 10.8 Å². The molecule has 5 nitrogen and oxygen atoms in total. The second-order valence-electron chi connectivity index (χ2n) is 8.49. The fourth-order valence-electron chi connectivity index (χ4n) is 5.84. The van der Waals surface area contributed by atoms with Crippen molar-refractivity contribution in [1.82, 2.24) is 4.90 Å². The molecule has 4 aliphatic carbocycles. The van der Waals surface area contributed by atoms with Gasteiger partial charge >= 0.3 is 0 Å². The number of nitrogens with zero attached hydrogens (tertiary/aromatic N) is 1. The van der Waals surface area contributed by atoms with Crippen molar-refractivity contribution in [2.75, 3.05) is 11.9 Å². The Morgan fingerprint density at radius 1 is 0.929 bits per heavy atom. The molecule has 0 spiro atoms. The minimum absolute atomic E-state index is 0.159. The van der Waals surface area contributed by atoms with Gasteiger partial charge in [-0.2, -0.15) is 0 Å². The van der Waals surface area contributed by atoms with E-state index in [0.717, 1.165) is 17.2 Å². The van der Waals surface area contributed by atoms with E-state index in [2.05, 4.69) is 17.5 Å². The lowest BCUT2D eigenvalue weighted by molar-refractivity contribution is -0.142. The molecule has 0 unspecified atom stereocenters. The van der Waals surface area contributed by atoms with Crippen LogP contribution in [0.4, 0.5) is 5.69 Å². The quantitative estimate of drug-likeness (QED) is 0.666. The van der Waals surface area contributed by atoms with Crippen molar-refractivity contribution in [1.29, 1.82) is 0 Å². The first-order valence-electron chi connectivity index (χ1n) is 9.94. The van der Waals surface area contributed by atoms with Gasteiger partial charge in [-0.15, -0.1) is 0 Å². The van der Waals surface area contributed by atoms with Gasteiger partial charge in [-0.05, 0) is 41.5 Å². The highest BCUT2D eigenvalue weighted by Gasteiger charge is 2.67. The van der Waals surface area contributed by atoms with Gasteiger partial charge in [0.2, 0.25) is 17.7 Å². The van der Waals surface area contributed by atoms with Gasteiger partial charge in [-0.1, -0.05) is 48.6 Å². The van der Waals surface area contributed by atoms with E-state index in [9.17, 15) is 14.4 Å². The number of anilines is 1. The fourth-order valence-corrected chi connectivity index (χ4v) is 5.84. The molecule has 2 saturated carbocycles. The van der Waals surface area contributed by atoms with E-state index < -0.39 is 0 Å². The standard InChI is InChI=1S/C23H20N2O3/c26-19(24-18-7-3-5-12-4-1-2-6-13(12)18)11-25-22(27)20-14-8-9-15(17-10-16(14)17)21(20)23(25)28/h1-9,14-17,20-21H,10-11H2,(H,24,26)/t14-,15-,16-,17-,20-,21+/m0/s1. The normalized spacial score (nSPS) is 34.5. The number of carbonyl (C=O) groups is 3. The van der Waals surface area contributed by atoms with Crippen LogP contribution in [0.5, 0.6) is 0 Å². The average Bonchev–Trinajstić information content (AvgIpc) is 3.49. The summed E-state index contributed by atoms with van der Waals surface area (Å²) < 4.78 is 0. The van der Waals surface area contributed by atoms with Crippen LogP contribution >= 0.6 is 0 Å². The van der Waals surface area contributed by atoms with Crippen LogP contribution < -0.4 is 5.32 Å². The smallest absolute Gasteiger partial charge is 0.244 e. The first kappa shape index (κ1) is 16.0.